The second kappa shape index (κ2) is 9.65. The standard InChI is InChI=1S/C18H28ClN3O3S2/c1-25-17(24)16-15(19)12-6-5-11(10-13(12)27-16)21-18(26)20-7-3-9-22-8-2-4-14(22)23/h11-13,15-16H,2-10H2,1H3,(H2,20,21,26). The van der Waals surface area contributed by atoms with E-state index in [0.717, 1.165) is 51.7 Å². The summed E-state index contributed by atoms with van der Waals surface area (Å²) >= 11 is 13.6. The number of amides is 1. The molecule has 5 atom stereocenters. The van der Waals surface area contributed by atoms with Crippen molar-refractivity contribution in [2.45, 2.75) is 60.4 Å². The van der Waals surface area contributed by atoms with Crippen LogP contribution in [0.5, 0.6) is 0 Å². The molecule has 1 amide bonds. The van der Waals surface area contributed by atoms with Crippen LogP contribution in [0, 0.1) is 5.92 Å². The van der Waals surface area contributed by atoms with Crippen LogP contribution in [0.4, 0.5) is 0 Å². The zero-order chi connectivity index (χ0) is 19.4. The summed E-state index contributed by atoms with van der Waals surface area (Å²) < 4.78 is 4.89. The Morgan fingerprint density at radius 2 is 2.26 bits per heavy atom. The van der Waals surface area contributed by atoms with Crippen LogP contribution in [0.1, 0.15) is 38.5 Å². The quantitative estimate of drug-likeness (QED) is 0.287. The Kier molecular flexibility index (Phi) is 7.50. The molecule has 0 aromatic heterocycles. The average Bonchev–Trinajstić information content (AvgIpc) is 3.21. The maximum Gasteiger partial charge on any atom is 0.320 e. The van der Waals surface area contributed by atoms with Gasteiger partial charge in [0, 0.05) is 37.3 Å². The van der Waals surface area contributed by atoms with Crippen LogP contribution in [0.25, 0.3) is 0 Å². The van der Waals surface area contributed by atoms with Gasteiger partial charge in [-0.3, -0.25) is 9.59 Å². The van der Waals surface area contributed by atoms with Crippen molar-refractivity contribution in [3.8, 4) is 0 Å². The number of nitrogens with zero attached hydrogens (tertiary/aromatic N) is 1. The lowest BCUT2D eigenvalue weighted by molar-refractivity contribution is -0.140. The van der Waals surface area contributed by atoms with Crippen molar-refractivity contribution in [1.82, 2.24) is 15.5 Å². The predicted octanol–water partition coefficient (Wildman–Crippen LogP) is 1.90. The van der Waals surface area contributed by atoms with Crippen molar-refractivity contribution >= 4 is 52.6 Å². The number of halogens is 1. The van der Waals surface area contributed by atoms with E-state index in [1.807, 2.05) is 4.90 Å². The van der Waals surface area contributed by atoms with Crippen LogP contribution in [-0.2, 0) is 14.3 Å². The number of ether oxygens (including phenoxy) is 1. The number of carbonyl (C=O) groups excluding carboxylic acids is 2. The Morgan fingerprint density at radius 1 is 1.44 bits per heavy atom. The van der Waals surface area contributed by atoms with Crippen LogP contribution < -0.4 is 10.6 Å². The summed E-state index contributed by atoms with van der Waals surface area (Å²) in [6.07, 6.45) is 5.52. The SMILES string of the molecule is COC(=O)C1SC2CC(NC(=S)NCCCN3CCCC3=O)CCC2C1Cl. The number of hydrogen-bond acceptors (Lipinski definition) is 5. The third-order valence-electron chi connectivity index (χ3n) is 5.69. The minimum atomic E-state index is -0.260. The molecule has 3 rings (SSSR count). The molecule has 3 fully saturated rings. The van der Waals surface area contributed by atoms with E-state index in [9.17, 15) is 9.59 Å². The first-order chi connectivity index (χ1) is 13.0. The molecule has 1 saturated carbocycles. The number of fused-ring (bicyclic) bond motifs is 1. The molecule has 5 unspecified atom stereocenters. The van der Waals surface area contributed by atoms with Crippen molar-refractivity contribution in [3.05, 3.63) is 0 Å². The maximum atomic E-state index is 11.9. The number of carbonyl (C=O) groups is 2. The molecule has 0 aromatic carbocycles. The summed E-state index contributed by atoms with van der Waals surface area (Å²) in [5.74, 6) is 0.412. The van der Waals surface area contributed by atoms with Gasteiger partial charge in [0.05, 0.1) is 12.5 Å². The van der Waals surface area contributed by atoms with Gasteiger partial charge in [-0.25, -0.2) is 0 Å². The Labute approximate surface area is 175 Å². The van der Waals surface area contributed by atoms with E-state index in [4.69, 9.17) is 28.6 Å². The fourth-order valence-corrected chi connectivity index (χ4v) is 6.97. The van der Waals surface area contributed by atoms with Crippen molar-refractivity contribution in [2.75, 3.05) is 26.7 Å². The number of thioether (sulfide) groups is 1. The van der Waals surface area contributed by atoms with Gasteiger partial charge in [0.25, 0.3) is 0 Å². The molecule has 2 aliphatic heterocycles. The Balaban J connectivity index is 1.36. The third kappa shape index (κ3) is 5.21. The molecular weight excluding hydrogens is 406 g/mol. The van der Waals surface area contributed by atoms with Crippen LogP contribution in [-0.4, -0.2) is 70.6 Å². The van der Waals surface area contributed by atoms with E-state index in [1.165, 1.54) is 7.11 Å². The van der Waals surface area contributed by atoms with Gasteiger partial charge in [-0.05, 0) is 50.2 Å². The van der Waals surface area contributed by atoms with Crippen molar-refractivity contribution < 1.29 is 14.3 Å². The van der Waals surface area contributed by atoms with E-state index in [0.29, 0.717) is 28.7 Å². The molecule has 0 radical (unpaired) electrons. The molecule has 9 heteroatoms. The highest BCUT2D eigenvalue weighted by atomic mass is 35.5. The Morgan fingerprint density at radius 3 is 2.96 bits per heavy atom. The zero-order valence-corrected chi connectivity index (χ0v) is 18.0. The first-order valence-electron chi connectivity index (χ1n) is 9.69. The Hall–Kier alpha value is -0.730. The summed E-state index contributed by atoms with van der Waals surface area (Å²) in [5.41, 5.74) is 0. The fraction of sp³-hybridized carbons (Fsp3) is 0.833. The summed E-state index contributed by atoms with van der Waals surface area (Å²) in [6, 6.07) is 0.305. The maximum absolute atomic E-state index is 11.9. The summed E-state index contributed by atoms with van der Waals surface area (Å²) in [5, 5.41) is 7.29. The van der Waals surface area contributed by atoms with Gasteiger partial charge in [0.1, 0.15) is 5.25 Å². The molecule has 0 bridgehead atoms. The lowest BCUT2D eigenvalue weighted by Gasteiger charge is -2.33. The molecule has 27 heavy (non-hydrogen) atoms. The van der Waals surface area contributed by atoms with Gasteiger partial charge in [-0.15, -0.1) is 23.4 Å². The second-order valence-electron chi connectivity index (χ2n) is 7.47. The first-order valence-corrected chi connectivity index (χ1v) is 11.5. The Bertz CT molecular complexity index is 580. The molecule has 3 aliphatic rings. The lowest BCUT2D eigenvalue weighted by atomic mass is 9.83. The van der Waals surface area contributed by atoms with Gasteiger partial charge in [-0.1, -0.05) is 0 Å². The fourth-order valence-electron chi connectivity index (χ4n) is 4.24. The van der Waals surface area contributed by atoms with Gasteiger partial charge in [0.2, 0.25) is 5.91 Å². The van der Waals surface area contributed by atoms with Gasteiger partial charge >= 0.3 is 5.97 Å². The normalized spacial score (nSPS) is 32.9. The van der Waals surface area contributed by atoms with Crippen molar-refractivity contribution in [3.63, 3.8) is 0 Å². The lowest BCUT2D eigenvalue weighted by Crippen LogP contribution is -2.46. The molecule has 0 aromatic rings. The summed E-state index contributed by atoms with van der Waals surface area (Å²) in [4.78, 5) is 25.4. The molecular formula is C18H28ClN3O3S2. The number of nitrogens with one attached hydrogen (secondary N) is 2. The number of methoxy groups -OCH3 is 1. The largest absolute Gasteiger partial charge is 0.468 e. The third-order valence-corrected chi connectivity index (χ3v) is 8.35. The average molecular weight is 434 g/mol. The molecule has 2 N–H and O–H groups in total. The van der Waals surface area contributed by atoms with Crippen LogP contribution in [0.3, 0.4) is 0 Å². The molecule has 1 aliphatic carbocycles. The monoisotopic (exact) mass is 433 g/mol. The highest BCUT2D eigenvalue weighted by Gasteiger charge is 2.49. The highest BCUT2D eigenvalue weighted by molar-refractivity contribution is 8.01. The van der Waals surface area contributed by atoms with E-state index >= 15 is 0 Å². The molecule has 152 valence electrons. The topological polar surface area (TPSA) is 70.7 Å². The molecule has 6 nitrogen and oxygen atoms in total. The van der Waals surface area contributed by atoms with Crippen LogP contribution in [0.15, 0.2) is 0 Å². The minimum absolute atomic E-state index is 0.147. The smallest absolute Gasteiger partial charge is 0.320 e. The highest BCUT2D eigenvalue weighted by Crippen LogP contribution is 2.49. The number of hydrogen-bond donors (Lipinski definition) is 2. The number of likely N-dealkylation sites (tertiary alicyclic amines) is 1. The van der Waals surface area contributed by atoms with Gasteiger partial charge < -0.3 is 20.3 Å². The van der Waals surface area contributed by atoms with E-state index in [2.05, 4.69) is 10.6 Å². The second-order valence-corrected chi connectivity index (χ2v) is 9.77. The molecule has 2 heterocycles. The van der Waals surface area contributed by atoms with E-state index in [-0.39, 0.29) is 22.5 Å². The zero-order valence-electron chi connectivity index (χ0n) is 15.6. The predicted molar refractivity (Wildman–Crippen MR) is 112 cm³/mol. The number of rotatable bonds is 6. The van der Waals surface area contributed by atoms with Crippen LogP contribution >= 0.6 is 35.6 Å². The molecule has 2 saturated heterocycles. The number of alkyl halides is 1. The minimum Gasteiger partial charge on any atom is -0.468 e. The van der Waals surface area contributed by atoms with Crippen molar-refractivity contribution in [2.24, 2.45) is 5.92 Å². The summed E-state index contributed by atoms with van der Waals surface area (Å²) in [6.45, 7) is 2.44. The van der Waals surface area contributed by atoms with E-state index < -0.39 is 0 Å². The number of thiocarbonyl (C=S) groups is 1. The van der Waals surface area contributed by atoms with Gasteiger partial charge in [0.15, 0.2) is 5.11 Å². The molecule has 0 spiro atoms. The van der Waals surface area contributed by atoms with Crippen LogP contribution in [0.2, 0.25) is 0 Å². The first kappa shape index (κ1) is 21.0. The van der Waals surface area contributed by atoms with Crippen molar-refractivity contribution in [1.29, 1.82) is 0 Å². The number of esters is 1. The van der Waals surface area contributed by atoms with E-state index in [1.54, 1.807) is 11.8 Å². The summed E-state index contributed by atoms with van der Waals surface area (Å²) in [7, 11) is 1.42. The van der Waals surface area contributed by atoms with Gasteiger partial charge in [-0.2, -0.15) is 0 Å².